The molecule has 2 heterocycles. The number of benzene rings is 2. The van der Waals surface area contributed by atoms with Gasteiger partial charge in [-0.3, -0.25) is 19.9 Å². The lowest BCUT2D eigenvalue weighted by Gasteiger charge is -2.32. The maximum Gasteiger partial charge on any atom is 0.336 e. The molecule has 4 rings (SSSR count). The van der Waals surface area contributed by atoms with Gasteiger partial charge in [0.15, 0.2) is 0 Å². The molecule has 0 aliphatic carbocycles. The van der Waals surface area contributed by atoms with Gasteiger partial charge in [0.25, 0.3) is 5.69 Å². The highest BCUT2D eigenvalue weighted by Crippen LogP contribution is 2.41. The fraction of sp³-hybridized carbons (Fsp3) is 0.414. The first kappa shape index (κ1) is 32.3. The van der Waals surface area contributed by atoms with Crippen LogP contribution in [0.5, 0.6) is 0 Å². The Labute approximate surface area is 255 Å². The van der Waals surface area contributed by atoms with Crippen LogP contribution in [0, 0.1) is 16.0 Å². The average Bonchev–Trinajstić information content (AvgIpc) is 2.97. The molecular weight excluding hydrogens is 600 g/mol. The molecule has 2 aliphatic heterocycles. The van der Waals surface area contributed by atoms with Gasteiger partial charge in [-0.25, -0.2) is 13.2 Å². The molecule has 12 nitrogen and oxygen atoms in total. The summed E-state index contributed by atoms with van der Waals surface area (Å²) in [6.07, 6.45) is 0. The number of ether oxygens (including phenoxy) is 2. The summed E-state index contributed by atoms with van der Waals surface area (Å²) in [4.78, 5) is 43.2. The van der Waals surface area contributed by atoms with E-state index in [1.165, 1.54) is 34.6 Å². The second-order valence-electron chi connectivity index (χ2n) is 10.3. The topological polar surface area (TPSA) is 150 Å². The first-order chi connectivity index (χ1) is 20.4. The maximum atomic E-state index is 13.5. The lowest BCUT2D eigenvalue weighted by atomic mass is 9.75. The molecule has 1 fully saturated rings. The van der Waals surface area contributed by atoms with Crippen molar-refractivity contribution in [1.82, 2.24) is 4.31 Å². The van der Waals surface area contributed by atoms with Crippen LogP contribution in [0.4, 0.5) is 5.69 Å². The van der Waals surface area contributed by atoms with Gasteiger partial charge in [0.05, 0.1) is 48.2 Å². The highest BCUT2D eigenvalue weighted by Gasteiger charge is 2.43. The number of aliphatic imine (C=N–C) groups is 1. The monoisotopic (exact) mass is 633 g/mol. The Bertz CT molecular complexity index is 1570. The van der Waals surface area contributed by atoms with Gasteiger partial charge in [0.1, 0.15) is 19.1 Å². The number of halogens is 1. The van der Waals surface area contributed by atoms with Crippen LogP contribution in [0.3, 0.4) is 0 Å². The molecule has 0 saturated carbocycles. The molecular formula is C29H34ClN4O8S+. The molecule has 2 aromatic rings. The number of rotatable bonds is 10. The number of carbonyl (C=O) groups is 2. The van der Waals surface area contributed by atoms with Crippen LogP contribution in [-0.4, -0.2) is 81.2 Å². The summed E-state index contributed by atoms with van der Waals surface area (Å²) in [5.74, 6) is -3.13. The van der Waals surface area contributed by atoms with Crippen LogP contribution in [-0.2, 0) is 29.1 Å². The highest BCUT2D eigenvalue weighted by molar-refractivity contribution is 7.89. The zero-order chi connectivity index (χ0) is 31.3. The summed E-state index contributed by atoms with van der Waals surface area (Å²) in [6, 6.07) is 12.0. The smallest absolute Gasteiger partial charge is 0.336 e. The zero-order valence-electron chi connectivity index (χ0n) is 24.1. The van der Waals surface area contributed by atoms with E-state index in [1.807, 2.05) is 0 Å². The molecule has 0 radical (unpaired) electrons. The standard InChI is InChI=1S/C29H33ClN4O8S/c1-4-41-28(35)25-19(2)31-20(3)26(27(25)21-7-5-9-23(17-21)34(37)38)29(36)42-16-15-32-11-13-33(14-12-32)43(39,40)24-10-6-8-22(30)18-24/h5-10,17-18,25,27H,4,11-16H2,1-3H3/p+1/t25?,27-/m1/s1. The Morgan fingerprint density at radius 2 is 1.81 bits per heavy atom. The number of esters is 2. The van der Waals surface area contributed by atoms with Crippen LogP contribution >= 0.6 is 11.6 Å². The lowest BCUT2D eigenvalue weighted by Crippen LogP contribution is -3.15. The van der Waals surface area contributed by atoms with Gasteiger partial charge in [0.2, 0.25) is 10.0 Å². The van der Waals surface area contributed by atoms with Crippen molar-refractivity contribution in [2.75, 3.05) is 45.9 Å². The third kappa shape index (κ3) is 7.29. The van der Waals surface area contributed by atoms with Gasteiger partial charge in [-0.1, -0.05) is 29.8 Å². The number of carbonyl (C=O) groups excluding carboxylic acids is 2. The van der Waals surface area contributed by atoms with Crippen LogP contribution < -0.4 is 4.90 Å². The maximum absolute atomic E-state index is 13.5. The SMILES string of the molecule is CCOC(=O)C1C(C)=NC(C)=C(C(=O)OCC[NH+]2CCN(S(=O)(=O)c3cccc(Cl)c3)CC2)[C@@H]1c1cccc([N+](=O)[O-])c1. The Hall–Kier alpha value is -3.65. The summed E-state index contributed by atoms with van der Waals surface area (Å²) < 4.78 is 38.4. The predicted octanol–water partition coefficient (Wildman–Crippen LogP) is 2.39. The molecule has 0 aromatic heterocycles. The number of allylic oxidation sites excluding steroid dienone is 1. The van der Waals surface area contributed by atoms with Crippen molar-refractivity contribution in [3.05, 3.63) is 80.5 Å². The summed E-state index contributed by atoms with van der Waals surface area (Å²) in [7, 11) is -3.67. The molecule has 14 heteroatoms. The van der Waals surface area contributed by atoms with E-state index in [0.717, 1.165) is 4.90 Å². The first-order valence-corrected chi connectivity index (χ1v) is 15.7. The quantitative estimate of drug-likeness (QED) is 0.238. The van der Waals surface area contributed by atoms with Gasteiger partial charge in [0, 0.05) is 34.5 Å². The van der Waals surface area contributed by atoms with E-state index in [0.29, 0.717) is 54.7 Å². The van der Waals surface area contributed by atoms with E-state index in [1.54, 1.807) is 39.0 Å². The summed E-state index contributed by atoms with van der Waals surface area (Å²) in [6.45, 7) is 7.19. The normalized spacial score (nSPS) is 20.0. The third-order valence-corrected chi connectivity index (χ3v) is 9.71. The van der Waals surface area contributed by atoms with Crippen molar-refractivity contribution in [2.45, 2.75) is 31.6 Å². The molecule has 0 spiro atoms. The van der Waals surface area contributed by atoms with Gasteiger partial charge in [-0.2, -0.15) is 4.31 Å². The second-order valence-corrected chi connectivity index (χ2v) is 12.7. The molecule has 2 aromatic carbocycles. The van der Waals surface area contributed by atoms with Crippen LogP contribution in [0.25, 0.3) is 0 Å². The summed E-state index contributed by atoms with van der Waals surface area (Å²) in [5.41, 5.74) is 1.14. The van der Waals surface area contributed by atoms with Crippen molar-refractivity contribution < 1.29 is 37.3 Å². The van der Waals surface area contributed by atoms with Crippen molar-refractivity contribution in [2.24, 2.45) is 10.9 Å². The van der Waals surface area contributed by atoms with Crippen LogP contribution in [0.15, 0.2) is 69.7 Å². The largest absolute Gasteiger partial charge is 0.465 e. The van der Waals surface area contributed by atoms with Crippen molar-refractivity contribution in [3.63, 3.8) is 0 Å². The van der Waals surface area contributed by atoms with E-state index in [-0.39, 0.29) is 29.4 Å². The Balaban J connectivity index is 1.45. The Morgan fingerprint density at radius 1 is 1.12 bits per heavy atom. The van der Waals surface area contributed by atoms with Gasteiger partial charge >= 0.3 is 11.9 Å². The zero-order valence-corrected chi connectivity index (χ0v) is 25.7. The Kier molecular flexibility index (Phi) is 10.3. The van der Waals surface area contributed by atoms with Crippen LogP contribution in [0.2, 0.25) is 5.02 Å². The number of hydrogen-bond acceptors (Lipinski definition) is 9. The number of hydrogen-bond donors (Lipinski definition) is 1. The minimum absolute atomic E-state index is 0.0421. The van der Waals surface area contributed by atoms with E-state index in [4.69, 9.17) is 21.1 Å². The highest BCUT2D eigenvalue weighted by atomic mass is 35.5. The van der Waals surface area contributed by atoms with Gasteiger partial charge in [-0.05, 0) is 44.5 Å². The minimum atomic E-state index is -3.67. The second kappa shape index (κ2) is 13.8. The number of non-ortho nitro benzene ring substituents is 1. The fourth-order valence-corrected chi connectivity index (χ4v) is 7.21. The van der Waals surface area contributed by atoms with E-state index >= 15 is 0 Å². The molecule has 1 saturated heterocycles. The van der Waals surface area contributed by atoms with E-state index < -0.39 is 38.7 Å². The van der Waals surface area contributed by atoms with Crippen molar-refractivity contribution in [3.8, 4) is 0 Å². The molecule has 43 heavy (non-hydrogen) atoms. The predicted molar refractivity (Wildman–Crippen MR) is 159 cm³/mol. The number of nitro groups is 1. The fourth-order valence-electron chi connectivity index (χ4n) is 5.47. The summed E-state index contributed by atoms with van der Waals surface area (Å²) in [5, 5.41) is 11.8. The number of nitrogens with zero attached hydrogens (tertiary/aromatic N) is 3. The number of quaternary nitrogens is 1. The summed E-state index contributed by atoms with van der Waals surface area (Å²) >= 11 is 5.98. The third-order valence-electron chi connectivity index (χ3n) is 7.58. The van der Waals surface area contributed by atoms with Crippen molar-refractivity contribution in [1.29, 1.82) is 0 Å². The molecule has 2 aliphatic rings. The molecule has 0 amide bonds. The van der Waals surface area contributed by atoms with E-state index in [9.17, 15) is 28.1 Å². The molecule has 230 valence electrons. The first-order valence-electron chi connectivity index (χ1n) is 13.9. The molecule has 2 atom stereocenters. The molecule has 0 bridgehead atoms. The number of piperazine rings is 1. The molecule has 1 N–H and O–H groups in total. The molecule has 1 unspecified atom stereocenters. The van der Waals surface area contributed by atoms with E-state index in [2.05, 4.69) is 4.99 Å². The minimum Gasteiger partial charge on any atom is -0.465 e. The average molecular weight is 634 g/mol. The number of nitrogens with one attached hydrogen (secondary N) is 1. The number of nitro benzene ring substituents is 1. The number of sulfonamides is 1. The van der Waals surface area contributed by atoms with Gasteiger partial charge in [-0.15, -0.1) is 0 Å². The van der Waals surface area contributed by atoms with Gasteiger partial charge < -0.3 is 14.4 Å². The Morgan fingerprint density at radius 3 is 2.47 bits per heavy atom. The van der Waals surface area contributed by atoms with Crippen molar-refractivity contribution >= 4 is 45.0 Å². The lowest BCUT2D eigenvalue weighted by molar-refractivity contribution is -0.903. The van der Waals surface area contributed by atoms with Crippen LogP contribution in [0.1, 0.15) is 32.3 Å².